The Morgan fingerprint density at radius 1 is 0.625 bits per heavy atom. The third-order valence-electron chi connectivity index (χ3n) is 10.4. The number of carboxylic acid groups (broad SMARTS) is 1. The predicted molar refractivity (Wildman–Crippen MR) is 239 cm³/mol. The van der Waals surface area contributed by atoms with E-state index in [9.17, 15) is 15.2 Å². The van der Waals surface area contributed by atoms with Gasteiger partial charge >= 0.3 is 5.97 Å². The maximum Gasteiger partial charge on any atom is 0.346 e. The molecule has 0 radical (unpaired) electrons. The number of aliphatic carboxylic acids is 1. The van der Waals surface area contributed by atoms with Crippen LogP contribution >= 0.6 is 22.7 Å². The highest BCUT2D eigenvalue weighted by Crippen LogP contribution is 2.52. The van der Waals surface area contributed by atoms with E-state index < -0.39 is 5.97 Å². The quantitative estimate of drug-likeness (QED) is 0.0997. The van der Waals surface area contributed by atoms with Gasteiger partial charge < -0.3 is 10.0 Å². The van der Waals surface area contributed by atoms with Crippen molar-refractivity contribution in [3.05, 3.63) is 155 Å². The van der Waals surface area contributed by atoms with Crippen LogP contribution in [0.5, 0.6) is 0 Å². The van der Waals surface area contributed by atoms with Crippen LogP contribution in [0.1, 0.15) is 57.5 Å². The molecule has 0 aliphatic heterocycles. The molecule has 0 atom stereocenters. The lowest BCUT2D eigenvalue weighted by atomic mass is 9.82. The second-order valence-corrected chi connectivity index (χ2v) is 18.5. The normalized spacial score (nSPS) is 12.3. The van der Waals surface area contributed by atoms with Gasteiger partial charge in [-0.3, -0.25) is 0 Å². The minimum Gasteiger partial charge on any atom is -0.477 e. The van der Waals surface area contributed by atoms with Gasteiger partial charge in [0, 0.05) is 46.9 Å². The molecule has 8 aromatic rings. The van der Waals surface area contributed by atoms with Crippen LogP contribution < -0.4 is 4.90 Å². The Kier molecular flexibility index (Phi) is 9.40. The third kappa shape index (κ3) is 6.79. The maximum absolute atomic E-state index is 11.5. The van der Waals surface area contributed by atoms with Crippen LogP contribution in [-0.4, -0.2) is 11.1 Å². The molecule has 1 N–H and O–H groups in total. The molecule has 4 nitrogen and oxygen atoms in total. The van der Waals surface area contributed by atoms with Crippen LogP contribution in [0.15, 0.2) is 139 Å². The Balaban J connectivity index is 1.47. The third-order valence-corrected chi connectivity index (χ3v) is 12.8. The number of nitrogens with zero attached hydrogens (tertiary/aromatic N) is 2. The standard InChI is InChI=1S/C50H42N2O2S2/c1-49(2,3)33-20-23-39-40(28-33)46(45-26-25-44(56-45)43-24-21-36(55-43)27-32(30-51)48(53)54)38-22-19-34(50(4,5)6)29-41(38)47(39)52(35-15-8-7-9-16-35)42-18-12-14-31-13-10-11-17-37(31)42/h7-29H,1-6H3,(H,53,54)/b32-27-. The molecule has 0 amide bonds. The lowest BCUT2D eigenvalue weighted by Crippen LogP contribution is -2.14. The number of nitriles is 1. The highest BCUT2D eigenvalue weighted by atomic mass is 32.1. The van der Waals surface area contributed by atoms with Crippen molar-refractivity contribution in [2.75, 3.05) is 4.90 Å². The first-order valence-electron chi connectivity index (χ1n) is 18.7. The van der Waals surface area contributed by atoms with Gasteiger partial charge in [0.1, 0.15) is 11.6 Å². The second kappa shape index (κ2) is 14.3. The first kappa shape index (κ1) is 36.9. The number of carbonyl (C=O) groups is 1. The van der Waals surface area contributed by atoms with Crippen molar-refractivity contribution in [3.63, 3.8) is 0 Å². The summed E-state index contributed by atoms with van der Waals surface area (Å²) < 4.78 is 0. The van der Waals surface area contributed by atoms with E-state index in [4.69, 9.17) is 0 Å². The number of para-hydroxylation sites is 1. The molecule has 6 aromatic carbocycles. The van der Waals surface area contributed by atoms with E-state index >= 15 is 0 Å². The largest absolute Gasteiger partial charge is 0.477 e. The molecular formula is C50H42N2O2S2. The van der Waals surface area contributed by atoms with E-state index in [1.54, 1.807) is 17.4 Å². The zero-order chi connectivity index (χ0) is 39.4. The van der Waals surface area contributed by atoms with Gasteiger partial charge in [0.2, 0.25) is 0 Å². The van der Waals surface area contributed by atoms with Crippen molar-refractivity contribution in [1.29, 1.82) is 5.26 Å². The van der Waals surface area contributed by atoms with Crippen molar-refractivity contribution >= 4 is 84.1 Å². The van der Waals surface area contributed by atoms with Crippen LogP contribution in [0.25, 0.3) is 58.6 Å². The zero-order valence-electron chi connectivity index (χ0n) is 32.3. The van der Waals surface area contributed by atoms with Crippen LogP contribution in [0.2, 0.25) is 0 Å². The van der Waals surface area contributed by atoms with Gasteiger partial charge in [-0.25, -0.2) is 4.79 Å². The molecule has 0 fully saturated rings. The fourth-order valence-electron chi connectivity index (χ4n) is 7.47. The summed E-state index contributed by atoms with van der Waals surface area (Å²) in [6, 6.07) is 50.1. The number of rotatable bonds is 7. The fourth-order valence-corrected chi connectivity index (χ4v) is 9.59. The smallest absolute Gasteiger partial charge is 0.346 e. The summed E-state index contributed by atoms with van der Waals surface area (Å²) in [5.41, 5.74) is 6.63. The molecule has 276 valence electrons. The average Bonchev–Trinajstić information content (AvgIpc) is 3.86. The Hall–Kier alpha value is -6.00. The number of hydrogen-bond donors (Lipinski definition) is 1. The van der Waals surface area contributed by atoms with E-state index in [0.717, 1.165) is 36.6 Å². The van der Waals surface area contributed by atoms with Crippen molar-refractivity contribution in [1.82, 2.24) is 0 Å². The van der Waals surface area contributed by atoms with E-state index in [-0.39, 0.29) is 16.4 Å². The number of thiophene rings is 2. The molecule has 56 heavy (non-hydrogen) atoms. The molecule has 8 rings (SSSR count). The van der Waals surface area contributed by atoms with Crippen molar-refractivity contribution in [3.8, 4) is 26.3 Å². The molecule has 2 aromatic heterocycles. The van der Waals surface area contributed by atoms with E-state index in [0.29, 0.717) is 0 Å². The lowest BCUT2D eigenvalue weighted by molar-refractivity contribution is -0.132. The van der Waals surface area contributed by atoms with Crippen LogP contribution in [0.3, 0.4) is 0 Å². The summed E-state index contributed by atoms with van der Waals surface area (Å²) in [6.07, 6.45) is 1.44. The maximum atomic E-state index is 11.5. The van der Waals surface area contributed by atoms with Gasteiger partial charge in [-0.2, -0.15) is 5.26 Å². The molecule has 0 saturated carbocycles. The zero-order valence-corrected chi connectivity index (χ0v) is 34.0. The average molecular weight is 767 g/mol. The fraction of sp³-hybridized carbons (Fsp3) is 0.160. The first-order valence-corrected chi connectivity index (χ1v) is 20.4. The molecule has 0 bridgehead atoms. The van der Waals surface area contributed by atoms with Gasteiger partial charge in [-0.15, -0.1) is 22.7 Å². The van der Waals surface area contributed by atoms with Gasteiger partial charge in [0.15, 0.2) is 0 Å². The summed E-state index contributed by atoms with van der Waals surface area (Å²) in [4.78, 5) is 18.0. The van der Waals surface area contributed by atoms with Crippen LogP contribution in [0, 0.1) is 11.3 Å². The Morgan fingerprint density at radius 2 is 1.23 bits per heavy atom. The molecule has 0 aliphatic carbocycles. The molecule has 0 aliphatic rings. The Labute approximate surface area is 336 Å². The number of carboxylic acids is 1. The lowest BCUT2D eigenvalue weighted by Gasteiger charge is -2.31. The molecule has 6 heteroatoms. The van der Waals surface area contributed by atoms with Crippen molar-refractivity contribution in [2.45, 2.75) is 52.4 Å². The van der Waals surface area contributed by atoms with E-state index in [1.165, 1.54) is 66.4 Å². The molecular weight excluding hydrogens is 725 g/mol. The monoisotopic (exact) mass is 766 g/mol. The van der Waals surface area contributed by atoms with E-state index in [1.807, 2.05) is 12.1 Å². The van der Waals surface area contributed by atoms with Gasteiger partial charge in [0.25, 0.3) is 0 Å². The first-order chi connectivity index (χ1) is 26.8. The molecule has 0 unspecified atom stereocenters. The molecule has 0 spiro atoms. The highest BCUT2D eigenvalue weighted by Gasteiger charge is 2.27. The van der Waals surface area contributed by atoms with Gasteiger partial charge in [0.05, 0.1) is 11.4 Å². The second-order valence-electron chi connectivity index (χ2n) is 16.3. The molecule has 2 heterocycles. The summed E-state index contributed by atoms with van der Waals surface area (Å²) in [5.74, 6) is -1.22. The number of fused-ring (bicyclic) bond motifs is 3. The number of hydrogen-bond acceptors (Lipinski definition) is 5. The number of benzene rings is 6. The minimum absolute atomic E-state index is 0.0782. The topological polar surface area (TPSA) is 64.3 Å². The summed E-state index contributed by atoms with van der Waals surface area (Å²) in [7, 11) is 0. The molecule has 0 saturated heterocycles. The SMILES string of the molecule is CC(C)(C)c1ccc2c(N(c3ccccc3)c3cccc4ccccc34)c3cc(C(C)(C)C)ccc3c(-c3ccc(-c4ccc(/C=C(/C#N)C(=O)O)s4)s3)c2c1. The Morgan fingerprint density at radius 3 is 1.93 bits per heavy atom. The predicted octanol–water partition coefficient (Wildman–Crippen LogP) is 14.7. The van der Waals surface area contributed by atoms with E-state index in [2.05, 4.69) is 168 Å². The van der Waals surface area contributed by atoms with Crippen LogP contribution in [-0.2, 0) is 15.6 Å². The van der Waals surface area contributed by atoms with Gasteiger partial charge in [-0.05, 0) is 98.8 Å². The number of anilines is 3. The van der Waals surface area contributed by atoms with Crippen molar-refractivity contribution in [2.24, 2.45) is 0 Å². The van der Waals surface area contributed by atoms with Crippen molar-refractivity contribution < 1.29 is 9.90 Å². The Bertz CT molecular complexity index is 2870. The minimum atomic E-state index is -1.22. The van der Waals surface area contributed by atoms with Crippen LogP contribution in [0.4, 0.5) is 17.1 Å². The van der Waals surface area contributed by atoms with Gasteiger partial charge in [-0.1, -0.05) is 120 Å². The summed E-state index contributed by atoms with van der Waals surface area (Å²) in [6.45, 7) is 13.6. The highest BCUT2D eigenvalue weighted by molar-refractivity contribution is 7.24. The summed E-state index contributed by atoms with van der Waals surface area (Å²) >= 11 is 3.23. The summed E-state index contributed by atoms with van der Waals surface area (Å²) in [5, 5.41) is 25.9.